The van der Waals surface area contributed by atoms with Gasteiger partial charge in [0.1, 0.15) is 0 Å². The maximum atomic E-state index is 3.71. The summed E-state index contributed by atoms with van der Waals surface area (Å²) in [6.45, 7) is 3.39. The lowest BCUT2D eigenvalue weighted by molar-refractivity contribution is 0.438. The molecule has 1 saturated carbocycles. The number of hydrogen-bond donors (Lipinski definition) is 1. The average Bonchev–Trinajstić information content (AvgIpc) is 3.20. The summed E-state index contributed by atoms with van der Waals surface area (Å²) in [7, 11) is 0. The average molecular weight is 277 g/mol. The van der Waals surface area contributed by atoms with Gasteiger partial charge in [-0.3, -0.25) is 0 Å². The van der Waals surface area contributed by atoms with Crippen LogP contribution in [0.4, 0.5) is 0 Å². The van der Waals surface area contributed by atoms with Gasteiger partial charge >= 0.3 is 0 Å². The summed E-state index contributed by atoms with van der Waals surface area (Å²) < 4.78 is 0. The zero-order chi connectivity index (χ0) is 13.5. The highest BCUT2D eigenvalue weighted by Gasteiger charge is 2.21. The summed E-state index contributed by atoms with van der Waals surface area (Å²) in [5, 5.41) is 3.71. The molecule has 0 heterocycles. The highest BCUT2D eigenvalue weighted by atomic mass is 32.2. The van der Waals surface area contributed by atoms with Gasteiger partial charge < -0.3 is 5.32 Å². The number of thioether (sulfide) groups is 1. The van der Waals surface area contributed by atoms with Crippen LogP contribution in [0.2, 0.25) is 0 Å². The van der Waals surface area contributed by atoms with Crippen LogP contribution in [0.25, 0.3) is 0 Å². The lowest BCUT2D eigenvalue weighted by atomic mass is 9.94. The minimum Gasteiger partial charge on any atom is -0.314 e. The predicted molar refractivity (Wildman–Crippen MR) is 87.0 cm³/mol. The third-order valence-corrected chi connectivity index (χ3v) is 4.54. The summed E-state index contributed by atoms with van der Waals surface area (Å²) >= 11 is 1.97. The molecular weight excluding hydrogens is 250 g/mol. The Morgan fingerprint density at radius 3 is 2.89 bits per heavy atom. The number of aryl methyl sites for hydroxylation is 1. The van der Waals surface area contributed by atoms with E-state index in [4.69, 9.17) is 0 Å². The summed E-state index contributed by atoms with van der Waals surface area (Å²) in [5.41, 5.74) is 2.89. The van der Waals surface area contributed by atoms with Crippen LogP contribution < -0.4 is 5.32 Å². The largest absolute Gasteiger partial charge is 0.314 e. The molecule has 0 radical (unpaired) electrons. The van der Waals surface area contributed by atoms with Crippen molar-refractivity contribution in [3.8, 4) is 0 Å². The highest BCUT2D eigenvalue weighted by molar-refractivity contribution is 7.98. The van der Waals surface area contributed by atoms with Crippen molar-refractivity contribution in [2.45, 2.75) is 45.1 Å². The first-order valence-electron chi connectivity index (χ1n) is 7.56. The molecule has 1 aromatic carbocycles. The van der Waals surface area contributed by atoms with E-state index in [1.165, 1.54) is 55.5 Å². The van der Waals surface area contributed by atoms with Crippen molar-refractivity contribution in [2.75, 3.05) is 18.6 Å². The second-order valence-corrected chi connectivity index (χ2v) is 6.86. The SMILES string of the molecule is CSCCCC(CNC1CC1)Cc1cccc(C)c1. The van der Waals surface area contributed by atoms with Crippen molar-refractivity contribution in [1.29, 1.82) is 0 Å². The summed E-state index contributed by atoms with van der Waals surface area (Å²) in [6, 6.07) is 9.84. The minimum atomic E-state index is 0.801. The molecule has 2 heteroatoms. The third-order valence-electron chi connectivity index (χ3n) is 3.84. The molecule has 0 saturated heterocycles. The van der Waals surface area contributed by atoms with E-state index in [-0.39, 0.29) is 0 Å². The van der Waals surface area contributed by atoms with Crippen LogP contribution in [0.1, 0.15) is 36.8 Å². The molecule has 0 aromatic heterocycles. The van der Waals surface area contributed by atoms with Crippen LogP contribution in [-0.4, -0.2) is 24.6 Å². The van der Waals surface area contributed by atoms with Crippen molar-refractivity contribution in [3.63, 3.8) is 0 Å². The quantitative estimate of drug-likeness (QED) is 0.683. The fraction of sp³-hybridized carbons (Fsp3) is 0.647. The summed E-state index contributed by atoms with van der Waals surface area (Å²) in [4.78, 5) is 0. The lowest BCUT2D eigenvalue weighted by Crippen LogP contribution is -2.26. The van der Waals surface area contributed by atoms with Crippen molar-refractivity contribution < 1.29 is 0 Å². The molecule has 1 atom stereocenters. The van der Waals surface area contributed by atoms with Crippen molar-refractivity contribution in [2.24, 2.45) is 5.92 Å². The van der Waals surface area contributed by atoms with Gasteiger partial charge in [-0.15, -0.1) is 0 Å². The minimum absolute atomic E-state index is 0.801. The molecule has 0 bridgehead atoms. The second-order valence-electron chi connectivity index (χ2n) is 5.88. The van der Waals surface area contributed by atoms with E-state index in [2.05, 4.69) is 42.8 Å². The van der Waals surface area contributed by atoms with Crippen LogP contribution in [0.5, 0.6) is 0 Å². The van der Waals surface area contributed by atoms with Gasteiger partial charge in [0, 0.05) is 6.04 Å². The Bertz CT molecular complexity index is 373. The molecule has 0 amide bonds. The Hall–Kier alpha value is -0.470. The molecule has 1 nitrogen and oxygen atoms in total. The Morgan fingerprint density at radius 2 is 2.21 bits per heavy atom. The van der Waals surface area contributed by atoms with E-state index in [1.807, 2.05) is 11.8 Å². The molecule has 0 spiro atoms. The third kappa shape index (κ3) is 6.01. The van der Waals surface area contributed by atoms with Crippen LogP contribution in [0, 0.1) is 12.8 Å². The molecule has 19 heavy (non-hydrogen) atoms. The topological polar surface area (TPSA) is 12.0 Å². The van der Waals surface area contributed by atoms with Crippen LogP contribution in [-0.2, 0) is 6.42 Å². The molecule has 1 unspecified atom stereocenters. The van der Waals surface area contributed by atoms with Gasteiger partial charge in [0.25, 0.3) is 0 Å². The molecule has 0 aliphatic heterocycles. The number of hydrogen-bond acceptors (Lipinski definition) is 2. The van der Waals surface area contributed by atoms with Gasteiger partial charge in [-0.25, -0.2) is 0 Å². The van der Waals surface area contributed by atoms with E-state index in [9.17, 15) is 0 Å². The van der Waals surface area contributed by atoms with Gasteiger partial charge in [0.15, 0.2) is 0 Å². The number of benzene rings is 1. The molecule has 2 rings (SSSR count). The maximum Gasteiger partial charge on any atom is 0.00683 e. The molecular formula is C17H27NS. The van der Waals surface area contributed by atoms with E-state index in [1.54, 1.807) is 0 Å². The fourth-order valence-electron chi connectivity index (χ4n) is 2.59. The second kappa shape index (κ2) is 7.96. The zero-order valence-electron chi connectivity index (χ0n) is 12.3. The molecule has 1 N–H and O–H groups in total. The highest BCUT2D eigenvalue weighted by Crippen LogP contribution is 2.21. The Labute approximate surface area is 122 Å². The van der Waals surface area contributed by atoms with Crippen molar-refractivity contribution >= 4 is 11.8 Å². The van der Waals surface area contributed by atoms with Crippen LogP contribution in [0.15, 0.2) is 24.3 Å². The summed E-state index contributed by atoms with van der Waals surface area (Å²) in [6.07, 6.45) is 8.93. The molecule has 1 aromatic rings. The smallest absolute Gasteiger partial charge is 0.00683 e. The number of nitrogens with one attached hydrogen (secondary N) is 1. The molecule has 1 fully saturated rings. The first kappa shape index (κ1) is 14.9. The van der Waals surface area contributed by atoms with Crippen molar-refractivity contribution in [1.82, 2.24) is 5.32 Å². The molecule has 1 aliphatic carbocycles. The van der Waals surface area contributed by atoms with Gasteiger partial charge in [-0.2, -0.15) is 11.8 Å². The van der Waals surface area contributed by atoms with Crippen LogP contribution >= 0.6 is 11.8 Å². The van der Waals surface area contributed by atoms with Gasteiger partial charge in [-0.05, 0) is 69.1 Å². The summed E-state index contributed by atoms with van der Waals surface area (Å²) in [5.74, 6) is 2.10. The van der Waals surface area contributed by atoms with Gasteiger partial charge in [0.05, 0.1) is 0 Å². The first-order valence-corrected chi connectivity index (χ1v) is 8.95. The lowest BCUT2D eigenvalue weighted by Gasteiger charge is -2.18. The van der Waals surface area contributed by atoms with Crippen molar-refractivity contribution in [3.05, 3.63) is 35.4 Å². The standard InChI is InChI=1S/C17H27NS/c1-14-5-3-6-15(11-14)12-16(7-4-10-19-2)13-18-17-8-9-17/h3,5-6,11,16-18H,4,7-10,12-13H2,1-2H3. The van der Waals surface area contributed by atoms with E-state index in [0.29, 0.717) is 0 Å². The molecule has 106 valence electrons. The fourth-order valence-corrected chi connectivity index (χ4v) is 3.04. The van der Waals surface area contributed by atoms with Gasteiger partial charge in [0.2, 0.25) is 0 Å². The predicted octanol–water partition coefficient (Wildman–Crippen LogP) is 4.05. The first-order chi connectivity index (χ1) is 9.28. The molecule has 1 aliphatic rings. The maximum absolute atomic E-state index is 3.71. The Balaban J connectivity index is 1.83. The van der Waals surface area contributed by atoms with E-state index in [0.717, 1.165) is 12.0 Å². The Morgan fingerprint density at radius 1 is 1.37 bits per heavy atom. The monoisotopic (exact) mass is 277 g/mol. The number of rotatable bonds is 9. The van der Waals surface area contributed by atoms with E-state index >= 15 is 0 Å². The zero-order valence-corrected chi connectivity index (χ0v) is 13.1. The Kier molecular flexibility index (Phi) is 6.25. The van der Waals surface area contributed by atoms with Gasteiger partial charge in [-0.1, -0.05) is 29.8 Å². The normalized spacial score (nSPS) is 16.5. The van der Waals surface area contributed by atoms with E-state index < -0.39 is 0 Å². The van der Waals surface area contributed by atoms with Crippen LogP contribution in [0.3, 0.4) is 0 Å².